The highest BCUT2D eigenvalue weighted by molar-refractivity contribution is 5.90. The molecule has 0 aliphatic carbocycles. The number of hydrogen-bond donors (Lipinski definition) is 2. The molecule has 1 fully saturated rings. The first-order chi connectivity index (χ1) is 11.2. The van der Waals surface area contributed by atoms with Crippen LogP contribution in [0.3, 0.4) is 0 Å². The lowest BCUT2D eigenvalue weighted by Crippen LogP contribution is -2.43. The third-order valence-corrected chi connectivity index (χ3v) is 3.64. The molecule has 1 atom stereocenters. The van der Waals surface area contributed by atoms with Crippen LogP contribution in [0, 0.1) is 6.92 Å². The van der Waals surface area contributed by atoms with Crippen LogP contribution in [0.25, 0.3) is 0 Å². The van der Waals surface area contributed by atoms with E-state index in [1.165, 1.54) is 0 Å². The molecule has 23 heavy (non-hydrogen) atoms. The summed E-state index contributed by atoms with van der Waals surface area (Å²) in [7, 11) is 0. The molecule has 122 valence electrons. The Bertz CT molecular complexity index is 650. The Morgan fingerprint density at radius 2 is 2.43 bits per heavy atom. The van der Waals surface area contributed by atoms with Crippen LogP contribution in [0.2, 0.25) is 0 Å². The number of carbonyl (C=O) groups excluding carboxylic acids is 1. The van der Waals surface area contributed by atoms with E-state index in [1.807, 2.05) is 31.2 Å². The number of pyridine rings is 1. The third-order valence-electron chi connectivity index (χ3n) is 3.64. The summed E-state index contributed by atoms with van der Waals surface area (Å²) in [6.45, 7) is 4.48. The molecule has 2 aromatic rings. The number of anilines is 1. The van der Waals surface area contributed by atoms with Gasteiger partial charge in [-0.05, 0) is 19.1 Å². The van der Waals surface area contributed by atoms with Crippen LogP contribution in [-0.2, 0) is 16.1 Å². The molecule has 0 spiro atoms. The number of carbonyl (C=O) groups is 1. The van der Waals surface area contributed by atoms with Gasteiger partial charge in [0.1, 0.15) is 5.82 Å². The van der Waals surface area contributed by atoms with E-state index in [9.17, 15) is 4.79 Å². The Kier molecular flexibility index (Phi) is 4.99. The molecule has 0 aromatic carbocycles. The number of nitrogens with one attached hydrogen (secondary N) is 2. The molecule has 3 heterocycles. The molecule has 3 rings (SSSR count). The topological polar surface area (TPSA) is 81.1 Å². The van der Waals surface area contributed by atoms with Gasteiger partial charge in [0, 0.05) is 31.3 Å². The van der Waals surface area contributed by atoms with Gasteiger partial charge in [-0.25, -0.2) is 4.68 Å². The van der Waals surface area contributed by atoms with Crippen molar-refractivity contribution in [2.24, 2.45) is 0 Å². The molecular weight excluding hydrogens is 294 g/mol. The zero-order chi connectivity index (χ0) is 16.1. The molecule has 1 aliphatic rings. The van der Waals surface area contributed by atoms with Crippen LogP contribution >= 0.6 is 0 Å². The van der Waals surface area contributed by atoms with Gasteiger partial charge in [-0.3, -0.25) is 9.78 Å². The van der Waals surface area contributed by atoms with E-state index in [-0.39, 0.29) is 11.9 Å². The van der Waals surface area contributed by atoms with Gasteiger partial charge in [0.05, 0.1) is 31.1 Å². The first kappa shape index (κ1) is 15.6. The molecular formula is C16H21N5O2. The molecule has 7 nitrogen and oxygen atoms in total. The number of ether oxygens (including phenoxy) is 1. The lowest BCUT2D eigenvalue weighted by atomic mass is 10.2. The fraction of sp³-hybridized carbons (Fsp3) is 0.438. The first-order valence-electron chi connectivity index (χ1n) is 7.76. The highest BCUT2D eigenvalue weighted by Crippen LogP contribution is 2.13. The van der Waals surface area contributed by atoms with E-state index in [1.54, 1.807) is 10.9 Å². The molecule has 1 unspecified atom stereocenters. The van der Waals surface area contributed by atoms with Gasteiger partial charge < -0.3 is 15.4 Å². The largest absolute Gasteiger partial charge is 0.378 e. The van der Waals surface area contributed by atoms with Crippen LogP contribution in [0.4, 0.5) is 5.82 Å². The smallest absolute Gasteiger partial charge is 0.227 e. The molecule has 1 aliphatic heterocycles. The van der Waals surface area contributed by atoms with Crippen LogP contribution in [0.5, 0.6) is 0 Å². The average molecular weight is 315 g/mol. The van der Waals surface area contributed by atoms with Crippen molar-refractivity contribution in [3.63, 3.8) is 0 Å². The summed E-state index contributed by atoms with van der Waals surface area (Å²) in [5.74, 6) is 0.644. The summed E-state index contributed by atoms with van der Waals surface area (Å²) in [6, 6.07) is 7.68. The minimum absolute atomic E-state index is 0.0461. The van der Waals surface area contributed by atoms with Crippen LogP contribution < -0.4 is 10.6 Å². The molecule has 2 aromatic heterocycles. The standard InChI is InChI=1S/C16H21N5O2/c1-12-8-15(19-16(22)9-14-11-23-7-6-18-14)21(20-12)10-13-4-2-3-5-17-13/h2-5,8,14,18H,6-7,9-11H2,1H3,(H,19,22). The second-order valence-electron chi connectivity index (χ2n) is 5.63. The van der Waals surface area contributed by atoms with Gasteiger partial charge in [-0.1, -0.05) is 6.07 Å². The second kappa shape index (κ2) is 7.34. The molecule has 0 bridgehead atoms. The minimum Gasteiger partial charge on any atom is -0.378 e. The Balaban J connectivity index is 1.64. The number of hydrogen-bond acceptors (Lipinski definition) is 5. The maximum atomic E-state index is 12.2. The normalized spacial score (nSPS) is 17.9. The zero-order valence-electron chi connectivity index (χ0n) is 13.2. The average Bonchev–Trinajstić information content (AvgIpc) is 2.88. The van der Waals surface area contributed by atoms with Crippen molar-refractivity contribution in [3.05, 3.63) is 41.9 Å². The van der Waals surface area contributed by atoms with E-state index in [2.05, 4.69) is 20.7 Å². The van der Waals surface area contributed by atoms with Gasteiger partial charge in [0.2, 0.25) is 5.91 Å². The number of amides is 1. The summed E-state index contributed by atoms with van der Waals surface area (Å²) >= 11 is 0. The maximum absolute atomic E-state index is 12.2. The van der Waals surface area contributed by atoms with Crippen molar-refractivity contribution >= 4 is 11.7 Å². The third kappa shape index (κ3) is 4.37. The number of aromatic nitrogens is 3. The summed E-state index contributed by atoms with van der Waals surface area (Å²) in [4.78, 5) is 16.5. The van der Waals surface area contributed by atoms with Crippen molar-refractivity contribution in [2.75, 3.05) is 25.1 Å². The number of nitrogens with zero attached hydrogens (tertiary/aromatic N) is 3. The second-order valence-corrected chi connectivity index (χ2v) is 5.63. The monoisotopic (exact) mass is 315 g/mol. The van der Waals surface area contributed by atoms with Gasteiger partial charge in [0.25, 0.3) is 0 Å². The minimum atomic E-state index is -0.0461. The first-order valence-corrected chi connectivity index (χ1v) is 7.76. The SMILES string of the molecule is Cc1cc(NC(=O)CC2COCCN2)n(Cc2ccccn2)n1. The van der Waals surface area contributed by atoms with Crippen molar-refractivity contribution in [3.8, 4) is 0 Å². The van der Waals surface area contributed by atoms with Crippen molar-refractivity contribution in [2.45, 2.75) is 25.9 Å². The zero-order valence-corrected chi connectivity index (χ0v) is 13.2. The molecule has 0 saturated carbocycles. The quantitative estimate of drug-likeness (QED) is 0.859. The number of aryl methyl sites for hydroxylation is 1. The van der Waals surface area contributed by atoms with Gasteiger partial charge in [-0.2, -0.15) is 5.10 Å². The lowest BCUT2D eigenvalue weighted by molar-refractivity contribution is -0.117. The Labute approximate surface area is 135 Å². The van der Waals surface area contributed by atoms with Crippen LogP contribution in [0.15, 0.2) is 30.5 Å². The Morgan fingerprint density at radius 3 is 3.17 bits per heavy atom. The molecule has 7 heteroatoms. The highest BCUT2D eigenvalue weighted by atomic mass is 16.5. The van der Waals surface area contributed by atoms with Crippen LogP contribution in [0.1, 0.15) is 17.8 Å². The summed E-state index contributed by atoms with van der Waals surface area (Å²) < 4.78 is 7.14. The molecule has 1 saturated heterocycles. The van der Waals surface area contributed by atoms with Crippen LogP contribution in [-0.4, -0.2) is 46.5 Å². The van der Waals surface area contributed by atoms with Crippen molar-refractivity contribution in [1.82, 2.24) is 20.1 Å². The summed E-state index contributed by atoms with van der Waals surface area (Å²) in [5.41, 5.74) is 1.75. The Morgan fingerprint density at radius 1 is 1.52 bits per heavy atom. The summed E-state index contributed by atoms with van der Waals surface area (Å²) in [6.07, 6.45) is 2.13. The summed E-state index contributed by atoms with van der Waals surface area (Å²) in [5, 5.41) is 10.6. The van der Waals surface area contributed by atoms with E-state index in [4.69, 9.17) is 4.74 Å². The highest BCUT2D eigenvalue weighted by Gasteiger charge is 2.18. The fourth-order valence-electron chi connectivity index (χ4n) is 2.58. The van der Waals surface area contributed by atoms with Crippen molar-refractivity contribution < 1.29 is 9.53 Å². The Hall–Kier alpha value is -2.25. The lowest BCUT2D eigenvalue weighted by Gasteiger charge is -2.23. The van der Waals surface area contributed by atoms with Gasteiger partial charge in [-0.15, -0.1) is 0 Å². The molecule has 1 amide bonds. The molecule has 0 radical (unpaired) electrons. The van der Waals surface area contributed by atoms with E-state index in [0.717, 1.165) is 17.9 Å². The number of rotatable bonds is 5. The predicted octanol–water partition coefficient (Wildman–Crippen LogP) is 0.952. The molecule has 2 N–H and O–H groups in total. The van der Waals surface area contributed by atoms with E-state index < -0.39 is 0 Å². The van der Waals surface area contributed by atoms with E-state index in [0.29, 0.717) is 32.0 Å². The van der Waals surface area contributed by atoms with Gasteiger partial charge >= 0.3 is 0 Å². The van der Waals surface area contributed by atoms with E-state index >= 15 is 0 Å². The number of morpholine rings is 1. The van der Waals surface area contributed by atoms with Crippen molar-refractivity contribution in [1.29, 1.82) is 0 Å². The fourth-order valence-corrected chi connectivity index (χ4v) is 2.58. The van der Waals surface area contributed by atoms with Gasteiger partial charge in [0.15, 0.2) is 0 Å². The predicted molar refractivity (Wildman–Crippen MR) is 86.2 cm³/mol. The maximum Gasteiger partial charge on any atom is 0.227 e.